The van der Waals surface area contributed by atoms with Gasteiger partial charge < -0.3 is 14.1 Å². The number of aliphatic imine (C=N–C) groups is 2. The van der Waals surface area contributed by atoms with E-state index < -0.39 is 0 Å². The lowest BCUT2D eigenvalue weighted by atomic mass is 9.99. The van der Waals surface area contributed by atoms with Gasteiger partial charge >= 0.3 is 0 Å². The molecule has 8 nitrogen and oxygen atoms in total. The maximum atomic E-state index is 13.1. The number of rotatable bonds is 6. The van der Waals surface area contributed by atoms with Crippen LogP contribution >= 0.6 is 0 Å². The maximum Gasteiger partial charge on any atom is 0.240 e. The van der Waals surface area contributed by atoms with Gasteiger partial charge in [-0.3, -0.25) is 15.0 Å². The zero-order valence-electron chi connectivity index (χ0n) is 21.9. The van der Waals surface area contributed by atoms with Crippen molar-refractivity contribution < 1.29 is 13.9 Å². The molecule has 1 fully saturated rings. The summed E-state index contributed by atoms with van der Waals surface area (Å²) in [6.07, 6.45) is 0.562. The van der Waals surface area contributed by atoms with Gasteiger partial charge in [0.15, 0.2) is 0 Å². The highest BCUT2D eigenvalue weighted by atomic mass is 16.5. The molecule has 2 aliphatic rings. The smallest absolute Gasteiger partial charge is 0.240 e. The fourth-order valence-electron chi connectivity index (χ4n) is 5.11. The van der Waals surface area contributed by atoms with E-state index in [0.29, 0.717) is 24.7 Å². The van der Waals surface area contributed by atoms with Gasteiger partial charge in [-0.25, -0.2) is 9.98 Å². The lowest BCUT2D eigenvalue weighted by Gasteiger charge is -2.35. The second-order valence-corrected chi connectivity index (χ2v) is 9.80. The van der Waals surface area contributed by atoms with Crippen molar-refractivity contribution in [1.29, 1.82) is 0 Å². The summed E-state index contributed by atoms with van der Waals surface area (Å²) in [5.74, 6) is 1.66. The summed E-state index contributed by atoms with van der Waals surface area (Å²) in [4.78, 5) is 27.1. The first-order chi connectivity index (χ1) is 19.1. The Bertz CT molecular complexity index is 1470. The predicted octanol–water partition coefficient (Wildman–Crippen LogP) is 4.67. The van der Waals surface area contributed by atoms with Gasteiger partial charge in [-0.2, -0.15) is 0 Å². The van der Waals surface area contributed by atoms with Crippen molar-refractivity contribution in [3.05, 3.63) is 96.3 Å². The number of carbonyl (C=O) groups is 1. The molecule has 39 heavy (non-hydrogen) atoms. The number of ether oxygens (including phenoxy) is 1. The molecule has 1 saturated heterocycles. The SMILES string of the molecule is COc1ccc(C2CC(c3cc4ccccc4o3)=NC(NC(=O)CN3CCN(c4ccccc4)CC3)=N2)cc1. The van der Waals surface area contributed by atoms with Crippen molar-refractivity contribution in [3.63, 3.8) is 0 Å². The molecule has 8 heteroatoms. The molecule has 1 amide bonds. The standard InChI is InChI=1S/C31H31N5O3/c1-38-25-13-11-22(12-14-25)26-20-27(29-19-23-7-5-6-10-28(23)39-29)33-31(32-26)34-30(37)21-35-15-17-36(18-16-35)24-8-3-2-4-9-24/h2-14,19,26H,15-18,20-21H2,1H3,(H,32,34,37). The van der Waals surface area contributed by atoms with Gasteiger partial charge in [0.05, 0.1) is 25.4 Å². The highest BCUT2D eigenvalue weighted by molar-refractivity contribution is 6.11. The van der Waals surface area contributed by atoms with Gasteiger partial charge in [0, 0.05) is 43.7 Å². The molecule has 0 bridgehead atoms. The number of nitrogens with zero attached hydrogens (tertiary/aromatic N) is 4. The number of carbonyl (C=O) groups excluding carboxylic acids is 1. The number of methoxy groups -OCH3 is 1. The van der Waals surface area contributed by atoms with E-state index in [1.807, 2.05) is 60.7 Å². The highest BCUT2D eigenvalue weighted by Crippen LogP contribution is 2.30. The number of guanidine groups is 1. The lowest BCUT2D eigenvalue weighted by Crippen LogP contribution is -2.50. The third-order valence-corrected chi connectivity index (χ3v) is 7.23. The molecule has 0 spiro atoms. The molecule has 0 aliphatic carbocycles. The normalized spacial score (nSPS) is 18.0. The van der Waals surface area contributed by atoms with Crippen molar-refractivity contribution in [2.45, 2.75) is 12.5 Å². The number of hydrogen-bond acceptors (Lipinski definition) is 7. The number of hydrogen-bond donors (Lipinski definition) is 1. The average Bonchev–Trinajstić information content (AvgIpc) is 3.42. The molecule has 2 aliphatic heterocycles. The number of para-hydroxylation sites is 2. The van der Waals surface area contributed by atoms with Gasteiger partial charge in [-0.1, -0.05) is 48.5 Å². The van der Waals surface area contributed by atoms with Gasteiger partial charge in [0.25, 0.3) is 0 Å². The third-order valence-electron chi connectivity index (χ3n) is 7.23. The summed E-state index contributed by atoms with van der Waals surface area (Å²) in [5.41, 5.74) is 3.80. The van der Waals surface area contributed by atoms with Crippen LogP contribution in [-0.2, 0) is 4.79 Å². The summed E-state index contributed by atoms with van der Waals surface area (Å²) >= 11 is 0. The largest absolute Gasteiger partial charge is 0.497 e. The molecule has 1 N–H and O–H groups in total. The zero-order valence-corrected chi connectivity index (χ0v) is 21.9. The Morgan fingerprint density at radius 2 is 1.72 bits per heavy atom. The third kappa shape index (κ3) is 5.71. The highest BCUT2D eigenvalue weighted by Gasteiger charge is 2.25. The lowest BCUT2D eigenvalue weighted by molar-refractivity contribution is -0.120. The van der Waals surface area contributed by atoms with Crippen molar-refractivity contribution in [1.82, 2.24) is 10.2 Å². The number of benzene rings is 3. The number of furan rings is 1. The van der Waals surface area contributed by atoms with Crippen LogP contribution in [-0.4, -0.2) is 62.3 Å². The molecule has 4 aromatic rings. The molecular weight excluding hydrogens is 490 g/mol. The molecule has 3 heterocycles. The summed E-state index contributed by atoms with van der Waals surface area (Å²) in [7, 11) is 1.65. The first-order valence-electron chi connectivity index (χ1n) is 13.2. The van der Waals surface area contributed by atoms with Gasteiger partial charge in [-0.05, 0) is 42.0 Å². The van der Waals surface area contributed by atoms with E-state index in [1.54, 1.807) is 7.11 Å². The summed E-state index contributed by atoms with van der Waals surface area (Å²) in [5, 5.41) is 3.98. The summed E-state index contributed by atoms with van der Waals surface area (Å²) in [6.45, 7) is 3.69. The van der Waals surface area contributed by atoms with E-state index in [9.17, 15) is 4.79 Å². The summed E-state index contributed by atoms with van der Waals surface area (Å²) in [6, 6.07) is 27.9. The van der Waals surface area contributed by atoms with Crippen LogP contribution in [0.5, 0.6) is 5.75 Å². The Morgan fingerprint density at radius 1 is 0.974 bits per heavy atom. The Labute approximate surface area is 227 Å². The molecule has 198 valence electrons. The van der Waals surface area contributed by atoms with E-state index >= 15 is 0 Å². The minimum absolute atomic E-state index is 0.120. The van der Waals surface area contributed by atoms with E-state index in [2.05, 4.69) is 39.4 Å². The molecule has 1 aromatic heterocycles. The number of nitrogens with one attached hydrogen (secondary N) is 1. The first kappa shape index (κ1) is 24.9. The molecule has 1 unspecified atom stereocenters. The Morgan fingerprint density at radius 3 is 2.46 bits per heavy atom. The number of fused-ring (bicyclic) bond motifs is 1. The molecule has 0 saturated carbocycles. The van der Waals surface area contributed by atoms with Gasteiger partial charge in [0.1, 0.15) is 17.1 Å². The van der Waals surface area contributed by atoms with Crippen LogP contribution in [0.15, 0.2) is 99.3 Å². The zero-order chi connectivity index (χ0) is 26.6. The van der Waals surface area contributed by atoms with Crippen molar-refractivity contribution in [2.75, 3.05) is 44.7 Å². The predicted molar refractivity (Wildman–Crippen MR) is 154 cm³/mol. The van der Waals surface area contributed by atoms with E-state index in [4.69, 9.17) is 19.1 Å². The van der Waals surface area contributed by atoms with E-state index in [-0.39, 0.29) is 11.9 Å². The second-order valence-electron chi connectivity index (χ2n) is 9.80. The minimum atomic E-state index is -0.207. The van der Waals surface area contributed by atoms with Gasteiger partial charge in [-0.15, -0.1) is 0 Å². The topological polar surface area (TPSA) is 82.7 Å². The minimum Gasteiger partial charge on any atom is -0.497 e. The fourth-order valence-corrected chi connectivity index (χ4v) is 5.11. The molecule has 0 radical (unpaired) electrons. The van der Waals surface area contributed by atoms with Crippen molar-refractivity contribution in [2.24, 2.45) is 9.98 Å². The van der Waals surface area contributed by atoms with Crippen LogP contribution in [0.4, 0.5) is 5.69 Å². The summed E-state index contributed by atoms with van der Waals surface area (Å²) < 4.78 is 11.4. The average molecular weight is 522 g/mol. The number of anilines is 1. The molecule has 3 aromatic carbocycles. The molecular formula is C31H31N5O3. The Hall–Kier alpha value is -4.43. The van der Waals surface area contributed by atoms with Crippen LogP contribution in [0.25, 0.3) is 11.0 Å². The van der Waals surface area contributed by atoms with Crippen LogP contribution in [0.1, 0.15) is 23.8 Å². The number of amides is 1. The quantitative estimate of drug-likeness (QED) is 0.399. The van der Waals surface area contributed by atoms with Crippen LogP contribution in [0.3, 0.4) is 0 Å². The van der Waals surface area contributed by atoms with Crippen molar-refractivity contribution >= 4 is 34.2 Å². The van der Waals surface area contributed by atoms with Gasteiger partial charge in [0.2, 0.25) is 11.9 Å². The fraction of sp³-hybridized carbons (Fsp3) is 0.258. The Kier molecular flexibility index (Phi) is 7.10. The van der Waals surface area contributed by atoms with Crippen molar-refractivity contribution in [3.8, 4) is 5.75 Å². The van der Waals surface area contributed by atoms with E-state index in [1.165, 1.54) is 5.69 Å². The maximum absolute atomic E-state index is 13.1. The van der Waals surface area contributed by atoms with Crippen LogP contribution in [0, 0.1) is 0 Å². The van der Waals surface area contributed by atoms with Crippen LogP contribution in [0.2, 0.25) is 0 Å². The molecule has 1 atom stereocenters. The Balaban J connectivity index is 1.17. The first-order valence-corrected chi connectivity index (χ1v) is 13.2. The molecule has 6 rings (SSSR count). The second kappa shape index (κ2) is 11.1. The van der Waals surface area contributed by atoms with E-state index in [0.717, 1.165) is 54.2 Å². The monoisotopic (exact) mass is 521 g/mol. The number of piperazine rings is 1. The van der Waals surface area contributed by atoms with Crippen LogP contribution < -0.4 is 15.0 Å².